The van der Waals surface area contributed by atoms with Crippen molar-refractivity contribution in [2.24, 2.45) is 8.73 Å². The molecule has 0 radical (unpaired) electrons. The van der Waals surface area contributed by atoms with Gasteiger partial charge < -0.3 is 0 Å². The number of rotatable bonds is 3. The molecule has 21 heavy (non-hydrogen) atoms. The lowest BCUT2D eigenvalue weighted by Crippen LogP contribution is -2.14. The topological polar surface area (TPSA) is 83.8 Å². The molecule has 0 saturated heterocycles. The zero-order valence-corrected chi connectivity index (χ0v) is 11.8. The Hall–Kier alpha value is -2.20. The summed E-state index contributed by atoms with van der Waals surface area (Å²) in [5.41, 5.74) is 0.155. The van der Waals surface area contributed by atoms with Gasteiger partial charge in [0.25, 0.3) is 10.0 Å². The van der Waals surface area contributed by atoms with E-state index in [9.17, 15) is 17.2 Å². The third-order valence-electron chi connectivity index (χ3n) is 2.60. The summed E-state index contributed by atoms with van der Waals surface area (Å²) in [7, 11) is -4.09. The maximum absolute atomic E-state index is 13.4. The second-order valence-electron chi connectivity index (χ2n) is 3.97. The van der Waals surface area contributed by atoms with Crippen molar-refractivity contribution < 1.29 is 17.2 Å². The number of nitrogens with zero attached hydrogens (tertiary/aromatic N) is 3. The third-order valence-corrected chi connectivity index (χ3v) is 4.54. The number of sulfonamides is 1. The Morgan fingerprint density at radius 2 is 1.90 bits per heavy atom. The number of hydrogen-bond acceptors (Lipinski definition) is 5. The van der Waals surface area contributed by atoms with Crippen molar-refractivity contribution >= 4 is 38.4 Å². The Balaban J connectivity index is 2.03. The zero-order valence-electron chi connectivity index (χ0n) is 10.1. The molecule has 1 N–H and O–H groups in total. The average Bonchev–Trinajstić information content (AvgIpc) is 2.90. The molecule has 1 aliphatic rings. The summed E-state index contributed by atoms with van der Waals surface area (Å²) < 4.78 is 60.6. The van der Waals surface area contributed by atoms with Gasteiger partial charge >= 0.3 is 0 Å². The maximum Gasteiger partial charge on any atom is 0.264 e. The van der Waals surface area contributed by atoms with Crippen LogP contribution in [0.25, 0.3) is 0 Å². The summed E-state index contributed by atoms with van der Waals surface area (Å²) in [6.45, 7) is 0. The molecule has 1 aromatic heterocycles. The van der Waals surface area contributed by atoms with Crippen LogP contribution < -0.4 is 4.72 Å². The summed E-state index contributed by atoms with van der Waals surface area (Å²) >= 11 is 0.866. The smallest absolute Gasteiger partial charge is 0.264 e. The number of hydrogen-bond donors (Lipinski definition) is 1. The molecule has 0 amide bonds. The molecule has 108 valence electrons. The van der Waals surface area contributed by atoms with E-state index in [-0.39, 0.29) is 10.6 Å². The molecule has 0 atom stereocenters. The summed E-state index contributed by atoms with van der Waals surface area (Å²) in [4.78, 5) is 2.78. The quantitative estimate of drug-likeness (QED) is 0.750. The van der Waals surface area contributed by atoms with Crippen LogP contribution in [0.5, 0.6) is 0 Å². The molecule has 2 aromatic rings. The fraction of sp³-hybridized carbons (Fsp3) is 0. The van der Waals surface area contributed by atoms with Gasteiger partial charge in [-0.3, -0.25) is 4.72 Å². The Morgan fingerprint density at radius 3 is 2.67 bits per heavy atom. The van der Waals surface area contributed by atoms with E-state index >= 15 is 0 Å². The molecule has 3 rings (SSSR count). The van der Waals surface area contributed by atoms with E-state index < -0.39 is 27.6 Å². The van der Waals surface area contributed by atoms with E-state index in [0.717, 1.165) is 23.5 Å². The van der Waals surface area contributed by atoms with Gasteiger partial charge in [-0.15, -0.1) is 0 Å². The van der Waals surface area contributed by atoms with Gasteiger partial charge in [-0.05, 0) is 24.3 Å². The molecule has 1 aliphatic heterocycles. The summed E-state index contributed by atoms with van der Waals surface area (Å²) in [6.07, 6.45) is 0. The monoisotopic (exact) mass is 328 g/mol. The minimum Gasteiger partial charge on any atom is -0.275 e. The molecule has 6 nitrogen and oxygen atoms in total. The van der Waals surface area contributed by atoms with Crippen LogP contribution in [0.4, 0.5) is 25.8 Å². The maximum atomic E-state index is 13.4. The number of fused-ring (bicyclic) bond motifs is 1. The van der Waals surface area contributed by atoms with E-state index in [2.05, 4.69) is 13.7 Å². The lowest BCUT2D eigenvalue weighted by atomic mass is 10.3. The first kappa shape index (κ1) is 13.8. The van der Waals surface area contributed by atoms with Gasteiger partial charge in [0.1, 0.15) is 22.0 Å². The predicted molar refractivity (Wildman–Crippen MR) is 72.9 cm³/mol. The lowest BCUT2D eigenvalue weighted by molar-refractivity contribution is 0.515. The number of anilines is 1. The Kier molecular flexibility index (Phi) is 3.26. The van der Waals surface area contributed by atoms with Crippen LogP contribution in [0.1, 0.15) is 0 Å². The zero-order chi connectivity index (χ0) is 15.0. The Bertz CT molecular complexity index is 908. The van der Waals surface area contributed by atoms with Crippen LogP contribution >= 0.6 is 0 Å². The number of benzene rings is 1. The number of halogens is 2. The SMILES string of the molecule is O=S(=O)(Nc1ccc(F)nc1F)c1cccc2c1N=S=N2. The van der Waals surface area contributed by atoms with Gasteiger partial charge in [0.15, 0.2) is 0 Å². The van der Waals surface area contributed by atoms with Crippen molar-refractivity contribution in [2.75, 3.05) is 4.72 Å². The van der Waals surface area contributed by atoms with Crippen LogP contribution in [0, 0.1) is 11.9 Å². The second kappa shape index (κ2) is 4.97. The molecule has 0 spiro atoms. The molecular formula is C11H6F2N4O2S2. The van der Waals surface area contributed by atoms with Crippen LogP contribution in [0.2, 0.25) is 0 Å². The molecule has 0 unspecified atom stereocenters. The van der Waals surface area contributed by atoms with E-state index in [1.54, 1.807) is 6.07 Å². The van der Waals surface area contributed by atoms with Crippen molar-refractivity contribution in [2.45, 2.75) is 4.90 Å². The van der Waals surface area contributed by atoms with E-state index in [0.29, 0.717) is 5.69 Å². The highest BCUT2D eigenvalue weighted by atomic mass is 32.2. The van der Waals surface area contributed by atoms with Crippen LogP contribution in [-0.4, -0.2) is 13.4 Å². The third kappa shape index (κ3) is 2.54. The average molecular weight is 328 g/mol. The minimum atomic E-state index is -4.09. The molecule has 2 heterocycles. The molecule has 0 saturated carbocycles. The summed E-state index contributed by atoms with van der Waals surface area (Å²) in [5.74, 6) is -2.29. The number of aromatic nitrogens is 1. The van der Waals surface area contributed by atoms with Gasteiger partial charge in [0, 0.05) is 0 Å². The fourth-order valence-corrected chi connectivity index (χ4v) is 3.51. The van der Waals surface area contributed by atoms with Gasteiger partial charge in [0.05, 0.1) is 11.4 Å². The van der Waals surface area contributed by atoms with Gasteiger partial charge in [0.2, 0.25) is 11.9 Å². The molecule has 0 aliphatic carbocycles. The first-order valence-corrected chi connectivity index (χ1v) is 7.75. The molecule has 0 fully saturated rings. The van der Waals surface area contributed by atoms with Gasteiger partial charge in [-0.2, -0.15) is 22.5 Å². The Morgan fingerprint density at radius 1 is 1.10 bits per heavy atom. The van der Waals surface area contributed by atoms with Crippen molar-refractivity contribution in [1.82, 2.24) is 4.98 Å². The van der Waals surface area contributed by atoms with Crippen molar-refractivity contribution in [3.8, 4) is 0 Å². The second-order valence-corrected chi connectivity index (χ2v) is 6.15. The first-order valence-electron chi connectivity index (χ1n) is 5.53. The molecule has 1 aromatic carbocycles. The molecule has 0 bridgehead atoms. The normalized spacial score (nSPS) is 12.9. The van der Waals surface area contributed by atoms with E-state index in [4.69, 9.17) is 0 Å². The highest BCUT2D eigenvalue weighted by Gasteiger charge is 2.23. The fourth-order valence-electron chi connectivity index (χ4n) is 1.69. The standard InChI is InChI=1S/C11H6F2N4O2S2/c12-9-5-4-7(11(13)14-9)17-21(18,19)8-3-1-2-6-10(8)16-20-15-6/h1-5,17H. The van der Waals surface area contributed by atoms with E-state index in [1.807, 2.05) is 4.72 Å². The summed E-state index contributed by atoms with van der Waals surface area (Å²) in [5, 5.41) is 0. The van der Waals surface area contributed by atoms with Gasteiger partial charge in [-0.1, -0.05) is 6.07 Å². The van der Waals surface area contributed by atoms with Crippen LogP contribution in [0.15, 0.2) is 44.0 Å². The van der Waals surface area contributed by atoms with Crippen molar-refractivity contribution in [1.29, 1.82) is 0 Å². The summed E-state index contributed by atoms with van der Waals surface area (Å²) in [6, 6.07) is 6.23. The first-order chi connectivity index (χ1) is 9.97. The van der Waals surface area contributed by atoms with Crippen LogP contribution in [0.3, 0.4) is 0 Å². The van der Waals surface area contributed by atoms with E-state index in [1.165, 1.54) is 12.1 Å². The largest absolute Gasteiger partial charge is 0.275 e. The molecular weight excluding hydrogens is 322 g/mol. The highest BCUT2D eigenvalue weighted by Crippen LogP contribution is 2.37. The highest BCUT2D eigenvalue weighted by molar-refractivity contribution is 7.93. The predicted octanol–water partition coefficient (Wildman–Crippen LogP) is 2.89. The minimum absolute atomic E-state index is 0.141. The van der Waals surface area contributed by atoms with Crippen molar-refractivity contribution in [3.63, 3.8) is 0 Å². The lowest BCUT2D eigenvalue weighted by Gasteiger charge is -2.10. The van der Waals surface area contributed by atoms with Crippen LogP contribution in [-0.2, 0) is 21.4 Å². The van der Waals surface area contributed by atoms with Crippen molar-refractivity contribution in [3.05, 3.63) is 42.2 Å². The number of nitrogens with one attached hydrogen (secondary N) is 1. The van der Waals surface area contributed by atoms with Gasteiger partial charge in [-0.25, -0.2) is 8.42 Å². The Labute approximate surface area is 121 Å². The molecule has 10 heteroatoms. The number of pyridine rings is 1.